The zero-order valence-corrected chi connectivity index (χ0v) is 18.1. The van der Waals surface area contributed by atoms with E-state index in [1.54, 1.807) is 12.1 Å². The summed E-state index contributed by atoms with van der Waals surface area (Å²) >= 11 is 12.2. The number of benzene rings is 1. The fraction of sp³-hybridized carbons (Fsp3) is 0.667. The number of rotatable bonds is 5. The van der Waals surface area contributed by atoms with Crippen molar-refractivity contribution >= 4 is 29.1 Å². The van der Waals surface area contributed by atoms with E-state index in [9.17, 15) is 9.90 Å². The summed E-state index contributed by atoms with van der Waals surface area (Å²) in [6.07, 6.45) is 2.71. The molecule has 3 heterocycles. The summed E-state index contributed by atoms with van der Waals surface area (Å²) in [4.78, 5) is 20.2. The Balaban J connectivity index is 1.56. The Morgan fingerprint density at radius 1 is 1.07 bits per heavy atom. The number of piperazine rings is 1. The third-order valence-electron chi connectivity index (χ3n) is 6.48. The van der Waals surface area contributed by atoms with E-state index in [4.69, 9.17) is 27.9 Å². The van der Waals surface area contributed by atoms with Crippen molar-refractivity contribution in [3.05, 3.63) is 33.8 Å². The molecule has 0 radical (unpaired) electrons. The minimum Gasteiger partial charge on any atom is -0.395 e. The zero-order chi connectivity index (χ0) is 20.4. The molecule has 160 valence electrons. The van der Waals surface area contributed by atoms with Crippen LogP contribution in [0.4, 0.5) is 0 Å². The number of fused-ring (bicyclic) bond motifs is 1. The lowest BCUT2D eigenvalue weighted by molar-refractivity contribution is -0.152. The van der Waals surface area contributed by atoms with Gasteiger partial charge in [0.15, 0.2) is 0 Å². The number of β-amino-alcohol motifs (C(OH)–C–C–N with tert-alkyl or cyclic N) is 1. The Labute approximate surface area is 182 Å². The standard InChI is InChI=1S/C21H29Cl2N3O3/c22-16-4-3-15(11-17(16)23)12-20(28)26-8-7-25(9-10-27)19-14-29-13-18(21(19)26)24-5-1-2-6-24/h3-4,11,18-19,21,27H,1-2,5-10,12-14H2/t18?,19-,21-/m1/s1. The van der Waals surface area contributed by atoms with E-state index in [-0.39, 0.29) is 30.6 Å². The van der Waals surface area contributed by atoms with Crippen molar-refractivity contribution < 1.29 is 14.6 Å². The lowest BCUT2D eigenvalue weighted by atomic mass is 9.91. The molecule has 0 aliphatic carbocycles. The van der Waals surface area contributed by atoms with E-state index in [0.717, 1.165) is 25.2 Å². The van der Waals surface area contributed by atoms with Gasteiger partial charge < -0.3 is 14.7 Å². The van der Waals surface area contributed by atoms with E-state index in [2.05, 4.69) is 14.7 Å². The van der Waals surface area contributed by atoms with Gasteiger partial charge in [-0.05, 0) is 43.6 Å². The molecular formula is C21H29Cl2N3O3. The van der Waals surface area contributed by atoms with Crippen LogP contribution in [0, 0.1) is 0 Å². The molecule has 1 aromatic carbocycles. The summed E-state index contributed by atoms with van der Waals surface area (Å²) in [5, 5.41) is 10.5. The molecule has 1 N–H and O–H groups in total. The van der Waals surface area contributed by atoms with Crippen molar-refractivity contribution in [3.63, 3.8) is 0 Å². The Bertz CT molecular complexity index is 729. The first-order valence-electron chi connectivity index (χ1n) is 10.5. The maximum atomic E-state index is 13.4. The summed E-state index contributed by atoms with van der Waals surface area (Å²) in [7, 11) is 0. The highest BCUT2D eigenvalue weighted by Crippen LogP contribution is 2.30. The molecule has 3 aliphatic rings. The topological polar surface area (TPSA) is 56.3 Å². The molecule has 0 aromatic heterocycles. The van der Waals surface area contributed by atoms with Crippen LogP contribution in [0.15, 0.2) is 18.2 Å². The van der Waals surface area contributed by atoms with Gasteiger partial charge in [-0.2, -0.15) is 0 Å². The van der Waals surface area contributed by atoms with Crippen molar-refractivity contribution in [2.45, 2.75) is 37.4 Å². The van der Waals surface area contributed by atoms with Gasteiger partial charge in [-0.1, -0.05) is 29.3 Å². The highest BCUT2D eigenvalue weighted by atomic mass is 35.5. The number of carbonyl (C=O) groups excluding carboxylic acids is 1. The normalized spacial score (nSPS) is 28.5. The number of nitrogens with zero attached hydrogens (tertiary/aromatic N) is 3. The van der Waals surface area contributed by atoms with Gasteiger partial charge in [-0.3, -0.25) is 14.6 Å². The average molecular weight is 442 g/mol. The van der Waals surface area contributed by atoms with Crippen LogP contribution >= 0.6 is 23.2 Å². The minimum absolute atomic E-state index is 0.0809. The molecule has 3 fully saturated rings. The molecule has 1 unspecified atom stereocenters. The van der Waals surface area contributed by atoms with Crippen molar-refractivity contribution in [3.8, 4) is 0 Å². The van der Waals surface area contributed by atoms with Gasteiger partial charge >= 0.3 is 0 Å². The van der Waals surface area contributed by atoms with Crippen molar-refractivity contribution in [2.75, 3.05) is 52.5 Å². The Kier molecular flexibility index (Phi) is 6.99. The number of hydrogen-bond donors (Lipinski definition) is 1. The molecule has 3 aliphatic heterocycles. The van der Waals surface area contributed by atoms with Gasteiger partial charge in [-0.25, -0.2) is 0 Å². The fourth-order valence-corrected chi connectivity index (χ4v) is 5.39. The van der Waals surface area contributed by atoms with E-state index in [1.807, 2.05) is 6.07 Å². The molecule has 6 nitrogen and oxygen atoms in total. The smallest absolute Gasteiger partial charge is 0.227 e. The molecule has 0 saturated carbocycles. The van der Waals surface area contributed by atoms with E-state index in [0.29, 0.717) is 42.8 Å². The molecule has 3 atom stereocenters. The minimum atomic E-state index is 0.0809. The van der Waals surface area contributed by atoms with Gasteiger partial charge in [0, 0.05) is 19.6 Å². The number of amides is 1. The number of halogens is 2. The Morgan fingerprint density at radius 2 is 1.83 bits per heavy atom. The molecule has 0 spiro atoms. The molecule has 8 heteroatoms. The average Bonchev–Trinajstić information content (AvgIpc) is 3.25. The van der Waals surface area contributed by atoms with Crippen LogP contribution in [0.25, 0.3) is 0 Å². The molecule has 1 amide bonds. The highest BCUT2D eigenvalue weighted by molar-refractivity contribution is 6.42. The van der Waals surface area contributed by atoms with Gasteiger partial charge in [0.1, 0.15) is 0 Å². The number of ether oxygens (including phenoxy) is 1. The third kappa shape index (κ3) is 4.58. The second-order valence-corrected chi connectivity index (χ2v) is 8.99. The van der Waals surface area contributed by atoms with E-state index in [1.165, 1.54) is 12.8 Å². The summed E-state index contributed by atoms with van der Waals surface area (Å²) in [6, 6.07) is 5.80. The van der Waals surface area contributed by atoms with Gasteiger partial charge in [-0.15, -0.1) is 0 Å². The fourth-order valence-electron chi connectivity index (χ4n) is 5.07. The Hall–Kier alpha value is -0.890. The molecule has 4 rings (SSSR count). The third-order valence-corrected chi connectivity index (χ3v) is 7.22. The lowest BCUT2D eigenvalue weighted by Gasteiger charge is -2.54. The van der Waals surface area contributed by atoms with Crippen LogP contribution in [0.1, 0.15) is 18.4 Å². The first-order valence-corrected chi connectivity index (χ1v) is 11.2. The largest absolute Gasteiger partial charge is 0.395 e. The number of aliphatic hydroxyl groups is 1. The molecule has 0 bridgehead atoms. The SMILES string of the molecule is O=C(Cc1ccc(Cl)c(Cl)c1)N1CCN(CCO)[C@@H]2COCC(N3CCCC3)[C@H]21. The van der Waals surface area contributed by atoms with Crippen LogP contribution < -0.4 is 0 Å². The first-order chi connectivity index (χ1) is 14.1. The van der Waals surface area contributed by atoms with Crippen LogP contribution in [-0.4, -0.2) is 96.4 Å². The molecule has 3 saturated heterocycles. The van der Waals surface area contributed by atoms with Gasteiger partial charge in [0.25, 0.3) is 0 Å². The maximum absolute atomic E-state index is 13.4. The quantitative estimate of drug-likeness (QED) is 0.755. The lowest BCUT2D eigenvalue weighted by Crippen LogP contribution is -2.71. The van der Waals surface area contributed by atoms with Crippen molar-refractivity contribution in [2.24, 2.45) is 0 Å². The number of carbonyl (C=O) groups is 1. The van der Waals surface area contributed by atoms with Crippen molar-refractivity contribution in [1.29, 1.82) is 0 Å². The summed E-state index contributed by atoms with van der Waals surface area (Å²) in [5.74, 6) is 0.119. The second-order valence-electron chi connectivity index (χ2n) is 8.18. The van der Waals surface area contributed by atoms with E-state index >= 15 is 0 Å². The van der Waals surface area contributed by atoms with Crippen LogP contribution in [-0.2, 0) is 16.0 Å². The first kappa shape index (κ1) is 21.3. The Morgan fingerprint density at radius 3 is 2.55 bits per heavy atom. The van der Waals surface area contributed by atoms with Crippen LogP contribution in [0.2, 0.25) is 10.0 Å². The number of hydrogen-bond acceptors (Lipinski definition) is 5. The van der Waals surface area contributed by atoms with Crippen LogP contribution in [0.3, 0.4) is 0 Å². The number of aliphatic hydroxyl groups excluding tert-OH is 1. The second kappa shape index (κ2) is 9.50. The predicted molar refractivity (Wildman–Crippen MR) is 114 cm³/mol. The molecular weight excluding hydrogens is 413 g/mol. The molecule has 1 aromatic rings. The summed E-state index contributed by atoms with van der Waals surface area (Å²) < 4.78 is 5.98. The van der Waals surface area contributed by atoms with Crippen molar-refractivity contribution in [1.82, 2.24) is 14.7 Å². The highest BCUT2D eigenvalue weighted by Gasteiger charge is 2.47. The van der Waals surface area contributed by atoms with Crippen LogP contribution in [0.5, 0.6) is 0 Å². The number of likely N-dealkylation sites (tertiary alicyclic amines) is 1. The predicted octanol–water partition coefficient (Wildman–Crippen LogP) is 1.90. The maximum Gasteiger partial charge on any atom is 0.227 e. The molecule has 29 heavy (non-hydrogen) atoms. The zero-order valence-electron chi connectivity index (χ0n) is 16.6. The summed E-state index contributed by atoms with van der Waals surface area (Å²) in [5.41, 5.74) is 0.878. The van der Waals surface area contributed by atoms with Gasteiger partial charge in [0.05, 0.1) is 54.4 Å². The monoisotopic (exact) mass is 441 g/mol. The summed E-state index contributed by atoms with van der Waals surface area (Å²) in [6.45, 7) is 5.55. The van der Waals surface area contributed by atoms with E-state index < -0.39 is 0 Å². The van der Waals surface area contributed by atoms with Gasteiger partial charge in [0.2, 0.25) is 5.91 Å².